The van der Waals surface area contributed by atoms with Crippen LogP contribution in [0.1, 0.15) is 20.3 Å². The predicted molar refractivity (Wildman–Crippen MR) is 57.6 cm³/mol. The van der Waals surface area contributed by atoms with E-state index in [1.165, 1.54) is 0 Å². The van der Waals surface area contributed by atoms with Crippen LogP contribution in [0, 0.1) is 28.7 Å². The Bertz CT molecular complexity index is 273. The molecule has 82 valence electrons. The van der Waals surface area contributed by atoms with Gasteiger partial charge in [-0.05, 0) is 13.8 Å². The molecule has 1 aliphatic heterocycles. The third-order valence-corrected chi connectivity index (χ3v) is 2.88. The highest BCUT2D eigenvalue weighted by Crippen LogP contribution is 2.14. The normalized spacial score (nSPS) is 23.3. The Labute approximate surface area is 91.7 Å². The smallest absolute Gasteiger partial charge is 0.179 e. The summed E-state index contributed by atoms with van der Waals surface area (Å²) in [4.78, 5) is 4.11. The zero-order valence-electron chi connectivity index (χ0n) is 9.48. The summed E-state index contributed by atoms with van der Waals surface area (Å²) in [5.74, 6) is 0.305. The first-order valence-corrected chi connectivity index (χ1v) is 5.43. The fourth-order valence-electron chi connectivity index (χ4n) is 1.95. The van der Waals surface area contributed by atoms with Crippen molar-refractivity contribution in [1.82, 2.24) is 9.80 Å². The summed E-state index contributed by atoms with van der Waals surface area (Å²) >= 11 is 0. The predicted octanol–water partition coefficient (Wildman–Crippen LogP) is 1.02. The van der Waals surface area contributed by atoms with E-state index in [2.05, 4.69) is 31.0 Å². The van der Waals surface area contributed by atoms with Crippen molar-refractivity contribution < 1.29 is 0 Å². The summed E-state index contributed by atoms with van der Waals surface area (Å²) in [5.41, 5.74) is 0. The van der Waals surface area contributed by atoms with Crippen molar-refractivity contribution in [2.75, 3.05) is 26.2 Å². The first kappa shape index (κ1) is 11.8. The fraction of sp³-hybridized carbons (Fsp3) is 0.818. The summed E-state index contributed by atoms with van der Waals surface area (Å²) in [6, 6.07) is 2.70. The van der Waals surface area contributed by atoms with Crippen molar-refractivity contribution in [3.8, 4) is 12.3 Å². The lowest BCUT2D eigenvalue weighted by molar-refractivity contribution is 0.210. The Kier molecular flexibility index (Phi) is 4.39. The van der Waals surface area contributed by atoms with Gasteiger partial charge >= 0.3 is 0 Å². The van der Waals surface area contributed by atoms with Gasteiger partial charge in [0, 0.05) is 44.6 Å². The van der Waals surface area contributed by atoms with Gasteiger partial charge in [-0.15, -0.1) is 0 Å². The maximum Gasteiger partial charge on any atom is 0.179 e. The van der Waals surface area contributed by atoms with Crippen molar-refractivity contribution in [3.63, 3.8) is 0 Å². The summed E-state index contributed by atoms with van der Waals surface area (Å²) in [6.07, 6.45) is 2.73. The third kappa shape index (κ3) is 3.42. The van der Waals surface area contributed by atoms with Gasteiger partial charge in [-0.25, -0.2) is 0 Å². The van der Waals surface area contributed by atoms with Gasteiger partial charge in [-0.1, -0.05) is 0 Å². The minimum atomic E-state index is 0.305. The molecule has 1 rings (SSSR count). The average Bonchev–Trinajstić information content (AvgIpc) is 2.40. The summed E-state index contributed by atoms with van der Waals surface area (Å²) in [6.45, 7) is 7.69. The van der Waals surface area contributed by atoms with Gasteiger partial charge < -0.3 is 4.90 Å². The summed E-state index contributed by atoms with van der Waals surface area (Å²) in [5, 5.41) is 17.6. The van der Waals surface area contributed by atoms with Gasteiger partial charge in [0.2, 0.25) is 0 Å². The molecular formula is C11H18N4. The van der Waals surface area contributed by atoms with Crippen LogP contribution in [0.25, 0.3) is 0 Å². The number of rotatable bonds is 2. The van der Waals surface area contributed by atoms with Gasteiger partial charge in [-0.2, -0.15) is 10.5 Å². The van der Waals surface area contributed by atoms with Crippen LogP contribution in [-0.2, 0) is 0 Å². The highest BCUT2D eigenvalue weighted by Gasteiger charge is 2.23. The monoisotopic (exact) mass is 206 g/mol. The van der Waals surface area contributed by atoms with Crippen LogP contribution in [-0.4, -0.2) is 42.0 Å². The second-order valence-corrected chi connectivity index (χ2v) is 4.36. The molecule has 0 saturated carbocycles. The molecule has 1 fully saturated rings. The molecular weight excluding hydrogens is 188 g/mol. The number of hydrogen-bond acceptors (Lipinski definition) is 4. The topological polar surface area (TPSA) is 54.1 Å². The highest BCUT2D eigenvalue weighted by atomic mass is 15.2. The van der Waals surface area contributed by atoms with E-state index in [0.717, 1.165) is 26.2 Å². The Morgan fingerprint density at radius 3 is 2.53 bits per heavy atom. The number of hydrogen-bond donors (Lipinski definition) is 0. The SMILES string of the molecule is CC(C)N1CCN(C#N)CC(CC#N)C1. The number of nitriles is 2. The van der Waals surface area contributed by atoms with Crippen LogP contribution in [0.3, 0.4) is 0 Å². The molecule has 0 radical (unpaired) electrons. The lowest BCUT2D eigenvalue weighted by Gasteiger charge is -2.26. The first-order chi connectivity index (χ1) is 7.17. The molecule has 1 saturated heterocycles. The first-order valence-electron chi connectivity index (χ1n) is 5.43. The standard InChI is InChI=1S/C11H18N4/c1-10(2)15-6-5-14(9-13)7-11(8-15)3-4-12/h10-11H,3,5-8H2,1-2H3. The molecule has 0 aromatic carbocycles. The van der Waals surface area contributed by atoms with E-state index in [0.29, 0.717) is 18.4 Å². The van der Waals surface area contributed by atoms with E-state index >= 15 is 0 Å². The molecule has 15 heavy (non-hydrogen) atoms. The quantitative estimate of drug-likeness (QED) is 0.633. The van der Waals surface area contributed by atoms with Gasteiger partial charge in [0.15, 0.2) is 6.19 Å². The van der Waals surface area contributed by atoms with Gasteiger partial charge in [0.25, 0.3) is 0 Å². The molecule has 0 aromatic rings. The maximum atomic E-state index is 8.90. The van der Waals surface area contributed by atoms with Crippen LogP contribution >= 0.6 is 0 Å². The minimum Gasteiger partial charge on any atom is -0.309 e. The van der Waals surface area contributed by atoms with Crippen LogP contribution in [0.4, 0.5) is 0 Å². The average molecular weight is 206 g/mol. The van der Waals surface area contributed by atoms with E-state index in [4.69, 9.17) is 10.5 Å². The van der Waals surface area contributed by atoms with Gasteiger partial charge in [-0.3, -0.25) is 4.90 Å². The molecule has 0 bridgehead atoms. The Morgan fingerprint density at radius 2 is 2.00 bits per heavy atom. The van der Waals surface area contributed by atoms with E-state index in [9.17, 15) is 0 Å². The Morgan fingerprint density at radius 1 is 1.27 bits per heavy atom. The molecule has 0 aromatic heterocycles. The second-order valence-electron chi connectivity index (χ2n) is 4.36. The van der Waals surface area contributed by atoms with Crippen LogP contribution in [0.5, 0.6) is 0 Å². The molecule has 1 aliphatic rings. The molecule has 0 amide bonds. The summed E-state index contributed by atoms with van der Waals surface area (Å²) < 4.78 is 0. The largest absolute Gasteiger partial charge is 0.309 e. The lowest BCUT2D eigenvalue weighted by Crippen LogP contribution is -2.35. The van der Waals surface area contributed by atoms with E-state index in [1.807, 2.05) is 0 Å². The van der Waals surface area contributed by atoms with E-state index < -0.39 is 0 Å². The van der Waals surface area contributed by atoms with Crippen LogP contribution < -0.4 is 0 Å². The molecule has 1 unspecified atom stereocenters. The molecule has 0 N–H and O–H groups in total. The molecule has 1 heterocycles. The van der Waals surface area contributed by atoms with Crippen molar-refractivity contribution in [2.24, 2.45) is 5.92 Å². The molecule has 4 heteroatoms. The fourth-order valence-corrected chi connectivity index (χ4v) is 1.95. The maximum absolute atomic E-state index is 8.90. The molecule has 0 aliphatic carbocycles. The van der Waals surface area contributed by atoms with Crippen molar-refractivity contribution >= 4 is 0 Å². The molecule has 0 spiro atoms. The van der Waals surface area contributed by atoms with E-state index in [-0.39, 0.29) is 0 Å². The van der Waals surface area contributed by atoms with Crippen molar-refractivity contribution in [1.29, 1.82) is 10.5 Å². The molecule has 4 nitrogen and oxygen atoms in total. The van der Waals surface area contributed by atoms with Crippen molar-refractivity contribution in [3.05, 3.63) is 0 Å². The minimum absolute atomic E-state index is 0.305. The summed E-state index contributed by atoms with van der Waals surface area (Å²) in [7, 11) is 0. The van der Waals surface area contributed by atoms with Gasteiger partial charge in [0.1, 0.15) is 0 Å². The van der Waals surface area contributed by atoms with Gasteiger partial charge in [0.05, 0.1) is 6.07 Å². The lowest BCUT2D eigenvalue weighted by atomic mass is 10.1. The highest BCUT2D eigenvalue weighted by molar-refractivity contribution is 4.88. The zero-order valence-corrected chi connectivity index (χ0v) is 9.48. The second kappa shape index (κ2) is 5.58. The van der Waals surface area contributed by atoms with Crippen LogP contribution in [0.2, 0.25) is 0 Å². The molecule has 1 atom stereocenters. The Balaban J connectivity index is 2.63. The zero-order chi connectivity index (χ0) is 11.3. The number of nitrogens with zero attached hydrogens (tertiary/aromatic N) is 4. The van der Waals surface area contributed by atoms with Crippen molar-refractivity contribution in [2.45, 2.75) is 26.3 Å². The Hall–Kier alpha value is -1.26. The third-order valence-electron chi connectivity index (χ3n) is 2.88. The van der Waals surface area contributed by atoms with Crippen LogP contribution in [0.15, 0.2) is 0 Å². The van der Waals surface area contributed by atoms with E-state index in [1.54, 1.807) is 4.90 Å².